The van der Waals surface area contributed by atoms with Crippen molar-refractivity contribution in [2.24, 2.45) is 11.8 Å². The van der Waals surface area contributed by atoms with Crippen LogP contribution in [0.3, 0.4) is 0 Å². The minimum Gasteiger partial charge on any atom is -0.306 e. The number of hydrogen-bond acceptors (Lipinski definition) is 2. The normalized spacial score (nSPS) is 33.8. The fourth-order valence-corrected chi connectivity index (χ4v) is 5.11. The summed E-state index contributed by atoms with van der Waals surface area (Å²) >= 11 is 0. The largest absolute Gasteiger partial charge is 0.323 e. The molecule has 0 unspecified atom stereocenters. The molecule has 0 amide bonds. The molecule has 23 heavy (non-hydrogen) atoms. The van der Waals surface area contributed by atoms with Gasteiger partial charge in [0.1, 0.15) is 0 Å². The van der Waals surface area contributed by atoms with Crippen molar-refractivity contribution >= 4 is 11.0 Å². The molecule has 0 radical (unpaired) electrons. The van der Waals surface area contributed by atoms with Gasteiger partial charge in [0.25, 0.3) is 0 Å². The number of benzene rings is 1. The quantitative estimate of drug-likeness (QED) is 0.896. The predicted octanol–water partition coefficient (Wildman–Crippen LogP) is 2.79. The molecule has 2 aliphatic carbocycles. The van der Waals surface area contributed by atoms with Gasteiger partial charge in [0.15, 0.2) is 0 Å². The molecule has 1 aromatic carbocycles. The Morgan fingerprint density at radius 2 is 2.00 bits per heavy atom. The second-order valence-electron chi connectivity index (χ2n) is 8.30. The third-order valence-electron chi connectivity index (χ3n) is 6.94. The minimum atomic E-state index is -0.0983. The van der Waals surface area contributed by atoms with Crippen LogP contribution < -0.4 is 5.69 Å². The summed E-state index contributed by atoms with van der Waals surface area (Å²) in [5.74, 6) is 1.63. The maximum Gasteiger partial charge on any atom is 0.323 e. The standard InChI is InChI=1S/C19H25N3O/c1-11-17-8-13-7-15-16(21-18(23)20-15)9-14(13)19(11,2)5-6-22(17)10-12-3-4-12/h7,9,11-12,17H,3-6,8,10H2,1-2H3,(H2,20,21,23)/t11-,17+,19+/m0/s1. The zero-order chi connectivity index (χ0) is 15.8. The molecule has 4 nitrogen and oxygen atoms in total. The molecular weight excluding hydrogens is 286 g/mol. The Hall–Kier alpha value is -1.55. The fraction of sp³-hybridized carbons (Fsp3) is 0.632. The van der Waals surface area contributed by atoms with E-state index in [1.165, 1.54) is 43.5 Å². The molecular formula is C19H25N3O. The molecule has 2 heterocycles. The Morgan fingerprint density at radius 1 is 1.26 bits per heavy atom. The molecule has 1 saturated carbocycles. The summed E-state index contributed by atoms with van der Waals surface area (Å²) in [5, 5.41) is 0. The summed E-state index contributed by atoms with van der Waals surface area (Å²) in [4.78, 5) is 20.3. The van der Waals surface area contributed by atoms with Crippen LogP contribution in [0, 0.1) is 11.8 Å². The summed E-state index contributed by atoms with van der Waals surface area (Å²) in [6.07, 6.45) is 5.21. The van der Waals surface area contributed by atoms with E-state index in [9.17, 15) is 4.79 Å². The molecule has 2 bridgehead atoms. The molecule has 2 aromatic rings. The number of hydrogen-bond donors (Lipinski definition) is 2. The van der Waals surface area contributed by atoms with Crippen molar-refractivity contribution in [3.05, 3.63) is 33.7 Å². The average molecular weight is 311 g/mol. The number of aromatic amines is 2. The number of nitrogens with zero attached hydrogens (tertiary/aromatic N) is 1. The third kappa shape index (κ3) is 1.97. The second kappa shape index (κ2) is 4.50. The molecule has 0 spiro atoms. The molecule has 4 heteroatoms. The monoisotopic (exact) mass is 311 g/mol. The van der Waals surface area contributed by atoms with Gasteiger partial charge in [-0.2, -0.15) is 0 Å². The Balaban J connectivity index is 1.62. The van der Waals surface area contributed by atoms with Gasteiger partial charge in [-0.15, -0.1) is 0 Å². The first-order valence-electron chi connectivity index (χ1n) is 9.04. The van der Waals surface area contributed by atoms with Crippen LogP contribution in [0.1, 0.15) is 44.2 Å². The van der Waals surface area contributed by atoms with E-state index < -0.39 is 0 Å². The summed E-state index contributed by atoms with van der Waals surface area (Å²) in [5.41, 5.74) is 4.97. The van der Waals surface area contributed by atoms with Crippen LogP contribution in [-0.4, -0.2) is 34.0 Å². The number of rotatable bonds is 2. The molecule has 1 saturated heterocycles. The summed E-state index contributed by atoms with van der Waals surface area (Å²) < 4.78 is 0. The van der Waals surface area contributed by atoms with Gasteiger partial charge in [0.2, 0.25) is 0 Å². The maximum absolute atomic E-state index is 11.6. The zero-order valence-corrected chi connectivity index (χ0v) is 14.0. The molecule has 1 aromatic heterocycles. The fourth-order valence-electron chi connectivity index (χ4n) is 5.11. The first-order chi connectivity index (χ1) is 11.0. The van der Waals surface area contributed by atoms with Crippen molar-refractivity contribution in [1.82, 2.24) is 14.9 Å². The van der Waals surface area contributed by atoms with Gasteiger partial charge in [-0.05, 0) is 72.7 Å². The SMILES string of the molecule is C[C@H]1[C@H]2Cc3cc4[nH]c(=O)[nH]c4cc3[C@]1(C)CCN2CC1CC1. The molecule has 2 fully saturated rings. The van der Waals surface area contributed by atoms with Crippen molar-refractivity contribution in [3.8, 4) is 0 Å². The van der Waals surface area contributed by atoms with E-state index in [0.717, 1.165) is 23.4 Å². The number of nitrogens with one attached hydrogen (secondary N) is 2. The first kappa shape index (κ1) is 13.8. The predicted molar refractivity (Wildman–Crippen MR) is 91.8 cm³/mol. The van der Waals surface area contributed by atoms with Crippen molar-refractivity contribution in [1.29, 1.82) is 0 Å². The van der Waals surface area contributed by atoms with Crippen LogP contribution in [-0.2, 0) is 11.8 Å². The first-order valence-corrected chi connectivity index (χ1v) is 9.04. The van der Waals surface area contributed by atoms with E-state index >= 15 is 0 Å². The van der Waals surface area contributed by atoms with E-state index in [4.69, 9.17) is 0 Å². The van der Waals surface area contributed by atoms with Crippen LogP contribution in [0.4, 0.5) is 0 Å². The highest BCUT2D eigenvalue weighted by atomic mass is 16.1. The van der Waals surface area contributed by atoms with Crippen LogP contribution in [0.15, 0.2) is 16.9 Å². The lowest BCUT2D eigenvalue weighted by atomic mass is 9.59. The van der Waals surface area contributed by atoms with Gasteiger partial charge < -0.3 is 9.97 Å². The number of fused-ring (bicyclic) bond motifs is 5. The lowest BCUT2D eigenvalue weighted by Crippen LogP contribution is -2.58. The van der Waals surface area contributed by atoms with Gasteiger partial charge in [-0.3, -0.25) is 4.90 Å². The van der Waals surface area contributed by atoms with Crippen molar-refractivity contribution in [2.75, 3.05) is 13.1 Å². The zero-order valence-electron chi connectivity index (χ0n) is 14.0. The third-order valence-corrected chi connectivity index (χ3v) is 6.94. The molecule has 3 atom stereocenters. The maximum atomic E-state index is 11.6. The molecule has 5 rings (SSSR count). The lowest BCUT2D eigenvalue weighted by Gasteiger charge is -2.54. The minimum absolute atomic E-state index is 0.0983. The van der Waals surface area contributed by atoms with Crippen LogP contribution in [0.5, 0.6) is 0 Å². The summed E-state index contributed by atoms with van der Waals surface area (Å²) in [6.45, 7) is 7.40. The van der Waals surface area contributed by atoms with E-state index in [1.807, 2.05) is 0 Å². The topological polar surface area (TPSA) is 51.9 Å². The number of imidazole rings is 1. The second-order valence-corrected chi connectivity index (χ2v) is 8.30. The molecule has 1 aliphatic heterocycles. The highest BCUT2D eigenvalue weighted by Crippen LogP contribution is 2.49. The van der Waals surface area contributed by atoms with Crippen molar-refractivity contribution in [3.63, 3.8) is 0 Å². The highest BCUT2D eigenvalue weighted by Gasteiger charge is 2.49. The molecule has 3 aliphatic rings. The van der Waals surface area contributed by atoms with E-state index in [2.05, 4.69) is 40.8 Å². The smallest absolute Gasteiger partial charge is 0.306 e. The van der Waals surface area contributed by atoms with Crippen LogP contribution in [0.2, 0.25) is 0 Å². The number of aromatic nitrogens is 2. The van der Waals surface area contributed by atoms with Gasteiger partial charge in [0, 0.05) is 12.6 Å². The van der Waals surface area contributed by atoms with Crippen molar-refractivity contribution < 1.29 is 0 Å². The van der Waals surface area contributed by atoms with Crippen LogP contribution >= 0.6 is 0 Å². The van der Waals surface area contributed by atoms with E-state index in [1.54, 1.807) is 0 Å². The Bertz CT molecular complexity index is 831. The summed E-state index contributed by atoms with van der Waals surface area (Å²) in [7, 11) is 0. The van der Waals surface area contributed by atoms with Crippen molar-refractivity contribution in [2.45, 2.75) is 51.0 Å². The Morgan fingerprint density at radius 3 is 2.74 bits per heavy atom. The lowest BCUT2D eigenvalue weighted by molar-refractivity contribution is 0.0285. The molecule has 2 N–H and O–H groups in total. The van der Waals surface area contributed by atoms with E-state index in [-0.39, 0.29) is 11.1 Å². The Labute approximate surface area is 136 Å². The summed E-state index contributed by atoms with van der Waals surface area (Å²) in [6, 6.07) is 5.12. The Kier molecular flexibility index (Phi) is 2.71. The number of likely N-dealkylation sites (tertiary alicyclic amines) is 1. The highest BCUT2D eigenvalue weighted by molar-refractivity contribution is 5.77. The van der Waals surface area contributed by atoms with Gasteiger partial charge in [-0.25, -0.2) is 4.79 Å². The van der Waals surface area contributed by atoms with Gasteiger partial charge in [0.05, 0.1) is 11.0 Å². The number of piperidine rings is 1. The number of H-pyrrole nitrogens is 2. The van der Waals surface area contributed by atoms with E-state index in [0.29, 0.717) is 12.0 Å². The van der Waals surface area contributed by atoms with Gasteiger partial charge >= 0.3 is 5.69 Å². The molecule has 122 valence electrons. The van der Waals surface area contributed by atoms with Crippen LogP contribution in [0.25, 0.3) is 11.0 Å². The van der Waals surface area contributed by atoms with Gasteiger partial charge in [-0.1, -0.05) is 13.8 Å². The average Bonchev–Trinajstić information content (AvgIpc) is 3.24.